The quantitative estimate of drug-likeness (QED) is 0.285. The fraction of sp³-hybridized carbons (Fsp3) is 0.105. The number of H-pyrrole nitrogens is 1. The zero-order valence-electron chi connectivity index (χ0n) is 15.9. The van der Waals surface area contributed by atoms with Gasteiger partial charge < -0.3 is 10.2 Å². The number of hydrazone groups is 1. The Morgan fingerprint density at radius 3 is 2.63 bits per heavy atom. The lowest BCUT2D eigenvalue weighted by atomic mass is 10.2. The molecule has 0 aliphatic carbocycles. The molecule has 11 heteroatoms. The molecule has 0 saturated carbocycles. The van der Waals surface area contributed by atoms with Gasteiger partial charge in [-0.3, -0.25) is 24.8 Å². The first kappa shape index (κ1) is 20.3. The predicted molar refractivity (Wildman–Crippen MR) is 107 cm³/mol. The van der Waals surface area contributed by atoms with E-state index in [1.54, 1.807) is 6.92 Å². The smallest absolute Gasteiger partial charge is 0.280 e. The molecule has 30 heavy (non-hydrogen) atoms. The third-order valence-electron chi connectivity index (χ3n) is 4.28. The number of nitrogens with zero attached hydrogens (tertiary/aromatic N) is 3. The molecule has 0 fully saturated rings. The Labute approximate surface area is 169 Å². The van der Waals surface area contributed by atoms with Crippen LogP contribution in [0.4, 0.5) is 5.69 Å². The normalized spacial score (nSPS) is 11.3. The highest BCUT2D eigenvalue weighted by Gasteiger charge is 2.18. The molecule has 3 aromatic rings. The summed E-state index contributed by atoms with van der Waals surface area (Å²) in [5.74, 6) is -1.36. The number of hydrogen-bond acceptors (Lipinski definition) is 7. The minimum absolute atomic E-state index is 0.107. The van der Waals surface area contributed by atoms with E-state index in [-0.39, 0.29) is 34.0 Å². The Bertz CT molecular complexity index is 1240. The van der Waals surface area contributed by atoms with Gasteiger partial charge in [-0.05, 0) is 32.0 Å². The van der Waals surface area contributed by atoms with E-state index in [9.17, 15) is 29.9 Å². The minimum Gasteiger partial charge on any atom is -0.508 e. The maximum absolute atomic E-state index is 12.8. The zero-order chi connectivity index (χ0) is 22.0. The molecule has 0 bridgehead atoms. The van der Waals surface area contributed by atoms with Gasteiger partial charge in [0.15, 0.2) is 0 Å². The van der Waals surface area contributed by atoms with Crippen LogP contribution < -0.4 is 11.0 Å². The lowest BCUT2D eigenvalue weighted by Gasteiger charge is -2.04. The maximum Gasteiger partial charge on any atom is 0.280 e. The third-order valence-corrected chi connectivity index (χ3v) is 4.28. The fourth-order valence-electron chi connectivity index (χ4n) is 2.86. The molecule has 0 unspecified atom stereocenters. The molecule has 3 rings (SSSR count). The van der Waals surface area contributed by atoms with Crippen molar-refractivity contribution in [2.75, 3.05) is 0 Å². The highest BCUT2D eigenvalue weighted by Crippen LogP contribution is 2.22. The lowest BCUT2D eigenvalue weighted by molar-refractivity contribution is -0.384. The zero-order valence-corrected chi connectivity index (χ0v) is 15.9. The largest absolute Gasteiger partial charge is 0.508 e. The summed E-state index contributed by atoms with van der Waals surface area (Å²) in [6, 6.07) is 9.03. The van der Waals surface area contributed by atoms with E-state index in [1.165, 1.54) is 43.3 Å². The van der Waals surface area contributed by atoms with Gasteiger partial charge in [0, 0.05) is 23.9 Å². The number of phenols is 2. The minimum atomic E-state index is -0.737. The Morgan fingerprint density at radius 1 is 1.23 bits per heavy atom. The number of non-ortho nitro benzene ring substituents is 1. The average Bonchev–Trinajstić information content (AvgIpc) is 3.00. The van der Waals surface area contributed by atoms with Crippen LogP contribution in [0, 0.1) is 17.0 Å². The number of nitro benzene ring substituents is 1. The van der Waals surface area contributed by atoms with Crippen LogP contribution in [0.5, 0.6) is 11.5 Å². The Balaban J connectivity index is 1.91. The van der Waals surface area contributed by atoms with Gasteiger partial charge in [0.1, 0.15) is 11.5 Å². The van der Waals surface area contributed by atoms with E-state index in [0.29, 0.717) is 5.69 Å². The van der Waals surface area contributed by atoms with Gasteiger partial charge in [-0.25, -0.2) is 10.1 Å². The number of aromatic hydroxyl groups is 2. The molecule has 0 saturated heterocycles. The second-order valence-corrected chi connectivity index (χ2v) is 6.37. The molecule has 11 nitrogen and oxygen atoms in total. The van der Waals surface area contributed by atoms with E-state index >= 15 is 0 Å². The number of rotatable bonds is 5. The van der Waals surface area contributed by atoms with Gasteiger partial charge in [-0.15, -0.1) is 0 Å². The highest BCUT2D eigenvalue weighted by molar-refractivity contribution is 6.02. The van der Waals surface area contributed by atoms with Crippen molar-refractivity contribution in [2.24, 2.45) is 5.10 Å². The van der Waals surface area contributed by atoms with Crippen molar-refractivity contribution < 1.29 is 19.9 Å². The topological polar surface area (TPSA) is 163 Å². The van der Waals surface area contributed by atoms with Crippen LogP contribution in [0.2, 0.25) is 0 Å². The van der Waals surface area contributed by atoms with Gasteiger partial charge in [-0.1, -0.05) is 6.07 Å². The van der Waals surface area contributed by atoms with Gasteiger partial charge in [-0.2, -0.15) is 5.10 Å². The number of aromatic nitrogens is 2. The van der Waals surface area contributed by atoms with E-state index in [0.717, 1.165) is 10.7 Å². The molecule has 0 spiro atoms. The number of amides is 1. The Morgan fingerprint density at radius 2 is 1.97 bits per heavy atom. The van der Waals surface area contributed by atoms with Crippen LogP contribution in [0.3, 0.4) is 0 Å². The summed E-state index contributed by atoms with van der Waals surface area (Å²) in [5.41, 5.74) is 2.54. The van der Waals surface area contributed by atoms with Gasteiger partial charge in [0.25, 0.3) is 17.2 Å². The van der Waals surface area contributed by atoms with Crippen LogP contribution in [-0.4, -0.2) is 36.5 Å². The van der Waals surface area contributed by atoms with Crippen LogP contribution in [0.1, 0.15) is 28.5 Å². The summed E-state index contributed by atoms with van der Waals surface area (Å²) >= 11 is 0. The number of carbonyl (C=O) groups is 1. The second-order valence-electron chi connectivity index (χ2n) is 6.37. The first-order chi connectivity index (χ1) is 14.2. The van der Waals surface area contributed by atoms with Crippen molar-refractivity contribution in [3.8, 4) is 17.2 Å². The molecule has 1 aromatic heterocycles. The molecule has 2 aromatic carbocycles. The third kappa shape index (κ3) is 3.90. The molecule has 0 aliphatic heterocycles. The number of carbonyl (C=O) groups excluding carboxylic acids is 1. The summed E-state index contributed by atoms with van der Waals surface area (Å²) < 4.78 is 1.14. The summed E-state index contributed by atoms with van der Waals surface area (Å²) in [6.07, 6.45) is 0. The molecular weight excluding hydrogens is 394 g/mol. The first-order valence-corrected chi connectivity index (χ1v) is 8.62. The predicted octanol–water partition coefficient (Wildman–Crippen LogP) is 1.95. The molecule has 4 N–H and O–H groups in total. The van der Waals surface area contributed by atoms with E-state index in [1.807, 2.05) is 0 Å². The van der Waals surface area contributed by atoms with Crippen molar-refractivity contribution in [3.63, 3.8) is 0 Å². The molecule has 0 radical (unpaired) electrons. The summed E-state index contributed by atoms with van der Waals surface area (Å²) in [4.78, 5) is 35.4. The Hall–Kier alpha value is -4.41. The molecule has 1 amide bonds. The summed E-state index contributed by atoms with van der Waals surface area (Å²) in [7, 11) is 0. The number of phenolic OH excluding ortho intramolecular Hbond substituents is 2. The van der Waals surface area contributed by atoms with Crippen molar-refractivity contribution in [2.45, 2.75) is 13.8 Å². The highest BCUT2D eigenvalue weighted by atomic mass is 16.6. The monoisotopic (exact) mass is 411 g/mol. The summed E-state index contributed by atoms with van der Waals surface area (Å²) in [6.45, 7) is 3.13. The van der Waals surface area contributed by atoms with Crippen molar-refractivity contribution in [1.82, 2.24) is 15.2 Å². The van der Waals surface area contributed by atoms with Crippen molar-refractivity contribution in [1.29, 1.82) is 0 Å². The van der Waals surface area contributed by atoms with E-state index in [4.69, 9.17) is 0 Å². The lowest BCUT2D eigenvalue weighted by Crippen LogP contribution is -2.23. The number of nitro groups is 1. The van der Waals surface area contributed by atoms with E-state index < -0.39 is 22.1 Å². The standard InChI is InChI=1S/C19H17N5O6/c1-10(20-21-18(27)15-7-6-14(25)9-16(15)26)17-11(2)22-23(19(17)28)12-4-3-5-13(8-12)24(29)30/h3-9,22,25-26H,1-2H3,(H,21,27)/b20-10+. The average molecular weight is 411 g/mol. The summed E-state index contributed by atoms with van der Waals surface area (Å²) in [5, 5.41) is 36.8. The SMILES string of the molecule is C/C(=N\NC(=O)c1ccc(O)cc1O)c1c(C)[nH]n(-c2cccc([N+](=O)[O-])c2)c1=O. The van der Waals surface area contributed by atoms with Crippen LogP contribution in [0.25, 0.3) is 5.69 Å². The van der Waals surface area contributed by atoms with Crippen molar-refractivity contribution in [3.05, 3.63) is 79.8 Å². The molecule has 0 aliphatic rings. The van der Waals surface area contributed by atoms with Gasteiger partial charge in [0.05, 0.1) is 27.4 Å². The van der Waals surface area contributed by atoms with E-state index in [2.05, 4.69) is 15.6 Å². The van der Waals surface area contributed by atoms with Crippen LogP contribution in [-0.2, 0) is 0 Å². The van der Waals surface area contributed by atoms with Crippen LogP contribution in [0.15, 0.2) is 52.4 Å². The maximum atomic E-state index is 12.8. The molecule has 1 heterocycles. The second kappa shape index (κ2) is 7.91. The molecule has 0 atom stereocenters. The van der Waals surface area contributed by atoms with Crippen molar-refractivity contribution >= 4 is 17.3 Å². The molecular formula is C19H17N5O6. The number of aryl methyl sites for hydroxylation is 1. The fourth-order valence-corrected chi connectivity index (χ4v) is 2.86. The first-order valence-electron chi connectivity index (χ1n) is 8.62. The Kier molecular flexibility index (Phi) is 5.36. The number of hydrogen-bond donors (Lipinski definition) is 4. The molecule has 154 valence electrons. The number of nitrogens with one attached hydrogen (secondary N) is 2. The van der Waals surface area contributed by atoms with Gasteiger partial charge in [0.2, 0.25) is 0 Å². The van der Waals surface area contributed by atoms with Gasteiger partial charge >= 0.3 is 0 Å². The number of benzene rings is 2. The van der Waals surface area contributed by atoms with Crippen LogP contribution >= 0.6 is 0 Å². The number of aromatic amines is 1.